The first kappa shape index (κ1) is 19.9. The normalized spacial score (nSPS) is 13.9. The van der Waals surface area contributed by atoms with Gasteiger partial charge in [0, 0.05) is 5.75 Å². The van der Waals surface area contributed by atoms with Crippen molar-refractivity contribution in [3.8, 4) is 5.75 Å². The molecule has 0 aromatic heterocycles. The average Bonchev–Trinajstić information content (AvgIpc) is 3.03. The summed E-state index contributed by atoms with van der Waals surface area (Å²) in [4.78, 5) is 28.2. The molecule has 0 fully saturated rings. The van der Waals surface area contributed by atoms with Gasteiger partial charge in [0.25, 0.3) is 11.8 Å². The zero-order valence-electron chi connectivity index (χ0n) is 16.2. The molecule has 4 nitrogen and oxygen atoms in total. The molecular formula is C24H18FNO3S. The average molecular weight is 419 g/mol. The van der Waals surface area contributed by atoms with Crippen molar-refractivity contribution in [2.75, 3.05) is 12.0 Å². The highest BCUT2D eigenvalue weighted by molar-refractivity contribution is 8.03. The summed E-state index contributed by atoms with van der Waals surface area (Å²) in [5, 5.41) is 0. The lowest BCUT2D eigenvalue weighted by atomic mass is 10.1. The van der Waals surface area contributed by atoms with Crippen molar-refractivity contribution in [2.24, 2.45) is 0 Å². The van der Waals surface area contributed by atoms with Gasteiger partial charge in [-0.25, -0.2) is 9.29 Å². The number of hydrogen-bond donors (Lipinski definition) is 0. The van der Waals surface area contributed by atoms with Crippen LogP contribution in [0.3, 0.4) is 0 Å². The molecule has 0 N–H and O–H groups in total. The molecule has 150 valence electrons. The third kappa shape index (κ3) is 3.74. The van der Waals surface area contributed by atoms with Crippen LogP contribution in [0.15, 0.2) is 83.8 Å². The first-order valence-electron chi connectivity index (χ1n) is 9.29. The minimum atomic E-state index is -0.452. The van der Waals surface area contributed by atoms with Gasteiger partial charge in [0.2, 0.25) is 0 Å². The Morgan fingerprint density at radius 1 is 0.867 bits per heavy atom. The van der Waals surface area contributed by atoms with Gasteiger partial charge in [0.05, 0.1) is 23.3 Å². The summed E-state index contributed by atoms with van der Waals surface area (Å²) in [5.74, 6) is -0.320. The second-order valence-electron chi connectivity index (χ2n) is 6.60. The van der Waals surface area contributed by atoms with E-state index in [4.69, 9.17) is 4.74 Å². The molecular weight excluding hydrogens is 401 g/mol. The van der Waals surface area contributed by atoms with Gasteiger partial charge in [-0.2, -0.15) is 0 Å². The van der Waals surface area contributed by atoms with Crippen LogP contribution in [0.1, 0.15) is 11.1 Å². The highest BCUT2D eigenvalue weighted by Gasteiger charge is 2.41. The van der Waals surface area contributed by atoms with E-state index >= 15 is 0 Å². The summed E-state index contributed by atoms with van der Waals surface area (Å²) >= 11 is 1.30. The number of nitrogens with zero attached hydrogens (tertiary/aromatic N) is 1. The molecule has 0 radical (unpaired) electrons. The number of carbonyl (C=O) groups is 2. The zero-order chi connectivity index (χ0) is 21.1. The number of methoxy groups -OCH3 is 1. The van der Waals surface area contributed by atoms with Crippen molar-refractivity contribution in [2.45, 2.75) is 5.75 Å². The van der Waals surface area contributed by atoms with Crippen molar-refractivity contribution < 1.29 is 18.7 Å². The van der Waals surface area contributed by atoms with Crippen LogP contribution in [0.5, 0.6) is 5.75 Å². The SMILES string of the molecule is COc1ccccc1N1C(=O)C(SCc2ccccc2)=C(c2ccc(F)cc2)C1=O. The van der Waals surface area contributed by atoms with E-state index in [1.165, 1.54) is 43.1 Å². The minimum Gasteiger partial charge on any atom is -0.495 e. The Labute approximate surface area is 178 Å². The molecule has 1 aliphatic rings. The number of para-hydroxylation sites is 2. The monoisotopic (exact) mass is 419 g/mol. The molecule has 6 heteroatoms. The Morgan fingerprint density at radius 2 is 1.53 bits per heavy atom. The summed E-state index contributed by atoms with van der Waals surface area (Å²) in [6.07, 6.45) is 0. The molecule has 0 saturated heterocycles. The maximum atomic E-state index is 13.5. The summed E-state index contributed by atoms with van der Waals surface area (Å²) in [7, 11) is 1.49. The Bertz CT molecular complexity index is 1130. The standard InChI is InChI=1S/C24H18FNO3S/c1-29-20-10-6-5-9-19(20)26-23(27)21(17-11-13-18(25)14-12-17)22(24(26)28)30-15-16-7-3-2-4-8-16/h2-14H,15H2,1H3. The van der Waals surface area contributed by atoms with Crippen molar-refractivity contribution in [3.05, 3.63) is 101 Å². The summed E-state index contributed by atoms with van der Waals surface area (Å²) in [6, 6.07) is 22.2. The number of thioether (sulfide) groups is 1. The highest BCUT2D eigenvalue weighted by Crippen LogP contribution is 2.41. The van der Waals surface area contributed by atoms with Crippen LogP contribution < -0.4 is 9.64 Å². The topological polar surface area (TPSA) is 46.6 Å². The molecule has 4 rings (SSSR count). The molecule has 0 saturated carbocycles. The van der Waals surface area contributed by atoms with Gasteiger partial charge in [-0.3, -0.25) is 9.59 Å². The molecule has 1 heterocycles. The number of imide groups is 1. The second-order valence-corrected chi connectivity index (χ2v) is 7.59. The van der Waals surface area contributed by atoms with Crippen molar-refractivity contribution in [3.63, 3.8) is 0 Å². The first-order valence-corrected chi connectivity index (χ1v) is 10.3. The summed E-state index contributed by atoms with van der Waals surface area (Å²) in [5.41, 5.74) is 2.18. The quantitative estimate of drug-likeness (QED) is 0.525. The van der Waals surface area contributed by atoms with E-state index in [0.717, 1.165) is 10.5 Å². The highest BCUT2D eigenvalue weighted by atomic mass is 32.2. The fraction of sp³-hybridized carbons (Fsp3) is 0.0833. The van der Waals surface area contributed by atoms with Gasteiger partial charge >= 0.3 is 0 Å². The van der Waals surface area contributed by atoms with E-state index < -0.39 is 17.6 Å². The molecule has 0 unspecified atom stereocenters. The Hall–Kier alpha value is -3.38. The third-order valence-corrected chi connectivity index (χ3v) is 5.87. The van der Waals surface area contributed by atoms with Crippen molar-refractivity contribution >= 4 is 34.8 Å². The zero-order valence-corrected chi connectivity index (χ0v) is 17.0. The molecule has 30 heavy (non-hydrogen) atoms. The smallest absolute Gasteiger partial charge is 0.272 e. The van der Waals surface area contributed by atoms with Gasteiger partial charge in [0.1, 0.15) is 11.6 Å². The molecule has 0 bridgehead atoms. The lowest BCUT2D eigenvalue weighted by Gasteiger charge is -2.18. The van der Waals surface area contributed by atoms with Crippen LogP contribution in [0.4, 0.5) is 10.1 Å². The van der Waals surface area contributed by atoms with Crippen molar-refractivity contribution in [1.29, 1.82) is 0 Å². The number of hydrogen-bond acceptors (Lipinski definition) is 4. The van der Waals surface area contributed by atoms with Gasteiger partial charge in [-0.15, -0.1) is 11.8 Å². The number of rotatable bonds is 6. The molecule has 0 atom stereocenters. The van der Waals surface area contributed by atoms with Crippen LogP contribution in [0.2, 0.25) is 0 Å². The third-order valence-electron chi connectivity index (χ3n) is 4.73. The van der Waals surface area contributed by atoms with Gasteiger partial charge in [-0.1, -0.05) is 54.6 Å². The van der Waals surface area contributed by atoms with Gasteiger partial charge in [-0.05, 0) is 35.4 Å². The minimum absolute atomic E-state index is 0.270. The number of benzene rings is 3. The van der Waals surface area contributed by atoms with Crippen LogP contribution in [-0.4, -0.2) is 18.9 Å². The van der Waals surface area contributed by atoms with E-state index in [0.29, 0.717) is 27.7 Å². The molecule has 0 aliphatic carbocycles. The Kier molecular flexibility index (Phi) is 5.68. The molecule has 2 amide bonds. The largest absolute Gasteiger partial charge is 0.495 e. The number of amides is 2. The van der Waals surface area contributed by atoms with E-state index in [1.807, 2.05) is 30.3 Å². The van der Waals surface area contributed by atoms with Crippen molar-refractivity contribution in [1.82, 2.24) is 0 Å². The number of halogens is 1. The Balaban J connectivity index is 1.77. The fourth-order valence-electron chi connectivity index (χ4n) is 3.28. The van der Waals surface area contributed by atoms with E-state index in [9.17, 15) is 14.0 Å². The van der Waals surface area contributed by atoms with Gasteiger partial charge < -0.3 is 4.74 Å². The fourth-order valence-corrected chi connectivity index (χ4v) is 4.35. The predicted octanol–water partition coefficient (Wildman–Crippen LogP) is 5.05. The predicted molar refractivity (Wildman–Crippen MR) is 117 cm³/mol. The number of anilines is 1. The first-order chi connectivity index (χ1) is 14.6. The number of ether oxygens (including phenoxy) is 1. The van der Waals surface area contributed by atoms with Crippen LogP contribution >= 0.6 is 11.8 Å². The molecule has 1 aliphatic heterocycles. The Morgan fingerprint density at radius 3 is 2.23 bits per heavy atom. The van der Waals surface area contributed by atoms with E-state index in [2.05, 4.69) is 0 Å². The second kappa shape index (κ2) is 8.55. The summed E-state index contributed by atoms with van der Waals surface area (Å²) in [6.45, 7) is 0. The van der Waals surface area contributed by atoms with Crippen LogP contribution in [0.25, 0.3) is 5.57 Å². The maximum Gasteiger partial charge on any atom is 0.272 e. The summed E-state index contributed by atoms with van der Waals surface area (Å²) < 4.78 is 18.8. The lowest BCUT2D eigenvalue weighted by molar-refractivity contribution is -0.119. The lowest BCUT2D eigenvalue weighted by Crippen LogP contribution is -2.31. The van der Waals surface area contributed by atoms with Crippen LogP contribution in [0, 0.1) is 5.82 Å². The maximum absolute atomic E-state index is 13.5. The molecule has 0 spiro atoms. The molecule has 3 aromatic rings. The number of carbonyl (C=O) groups excluding carboxylic acids is 2. The molecule has 3 aromatic carbocycles. The van der Waals surface area contributed by atoms with E-state index in [1.54, 1.807) is 24.3 Å². The van der Waals surface area contributed by atoms with Crippen LogP contribution in [-0.2, 0) is 15.3 Å². The van der Waals surface area contributed by atoms with E-state index in [-0.39, 0.29) is 5.57 Å². The van der Waals surface area contributed by atoms with Gasteiger partial charge in [0.15, 0.2) is 0 Å².